The van der Waals surface area contributed by atoms with Crippen LogP contribution in [0.15, 0.2) is 42.6 Å². The van der Waals surface area contributed by atoms with E-state index in [1.807, 2.05) is 35.2 Å². The van der Waals surface area contributed by atoms with E-state index < -0.39 is 0 Å². The van der Waals surface area contributed by atoms with Crippen molar-refractivity contribution in [3.63, 3.8) is 0 Å². The number of carbonyl (C=O) groups is 2. The summed E-state index contributed by atoms with van der Waals surface area (Å²) in [5.41, 5.74) is 1.70. The first-order valence-corrected chi connectivity index (χ1v) is 10.3. The lowest BCUT2D eigenvalue weighted by atomic mass is 10.2. The van der Waals surface area contributed by atoms with Gasteiger partial charge in [-0.1, -0.05) is 24.3 Å². The predicted octanol–water partition coefficient (Wildman–Crippen LogP) is 1.16. The molecule has 0 radical (unpaired) electrons. The Morgan fingerprint density at radius 3 is 2.65 bits per heavy atom. The molecule has 31 heavy (non-hydrogen) atoms. The number of pyridine rings is 1. The summed E-state index contributed by atoms with van der Waals surface area (Å²) in [4.78, 5) is 33.7. The number of aryl methyl sites for hydroxylation is 1. The lowest BCUT2D eigenvalue weighted by Gasteiger charge is -2.34. The zero-order valence-corrected chi connectivity index (χ0v) is 17.7. The molecule has 1 aliphatic heterocycles. The second-order valence-electron chi connectivity index (χ2n) is 7.50. The minimum absolute atomic E-state index is 0.0692. The van der Waals surface area contributed by atoms with E-state index in [1.54, 1.807) is 24.0 Å². The highest BCUT2D eigenvalue weighted by Gasteiger charge is 2.26. The van der Waals surface area contributed by atoms with Crippen LogP contribution in [0.25, 0.3) is 10.9 Å². The fraction of sp³-hybridized carbons (Fsp3) is 0.364. The smallest absolute Gasteiger partial charge is 0.269 e. The highest BCUT2D eigenvalue weighted by atomic mass is 16.5. The van der Waals surface area contributed by atoms with Crippen molar-refractivity contribution >= 4 is 22.7 Å². The van der Waals surface area contributed by atoms with Gasteiger partial charge in [-0.15, -0.1) is 5.10 Å². The van der Waals surface area contributed by atoms with Gasteiger partial charge < -0.3 is 15.0 Å². The number of nitrogens with zero attached hydrogens (tertiary/aromatic N) is 5. The summed E-state index contributed by atoms with van der Waals surface area (Å²) in [6, 6.07) is 11.4. The number of amides is 2. The van der Waals surface area contributed by atoms with E-state index in [9.17, 15) is 9.59 Å². The summed E-state index contributed by atoms with van der Waals surface area (Å²) < 4.78 is 6.78. The van der Waals surface area contributed by atoms with Crippen molar-refractivity contribution in [1.82, 2.24) is 29.9 Å². The SMILES string of the molecule is COc1nn(C)cc1C(=O)N1CCN(CCNC(=O)c2ccc3ccccc3n2)CC1. The number of hydrogen-bond acceptors (Lipinski definition) is 6. The van der Waals surface area contributed by atoms with Gasteiger partial charge in [-0.3, -0.25) is 19.2 Å². The molecule has 1 N–H and O–H groups in total. The van der Waals surface area contributed by atoms with Crippen LogP contribution in [0.2, 0.25) is 0 Å². The molecule has 0 unspecified atom stereocenters. The van der Waals surface area contributed by atoms with Crippen molar-refractivity contribution < 1.29 is 14.3 Å². The Hall–Kier alpha value is -3.46. The van der Waals surface area contributed by atoms with E-state index in [4.69, 9.17) is 4.74 Å². The Morgan fingerprint density at radius 2 is 1.87 bits per heavy atom. The normalized spacial score (nSPS) is 14.6. The lowest BCUT2D eigenvalue weighted by Crippen LogP contribution is -2.50. The number of carbonyl (C=O) groups excluding carboxylic acids is 2. The van der Waals surface area contributed by atoms with Crippen molar-refractivity contribution in [3.8, 4) is 5.88 Å². The summed E-state index contributed by atoms with van der Waals surface area (Å²) >= 11 is 0. The van der Waals surface area contributed by atoms with Gasteiger partial charge in [-0.2, -0.15) is 0 Å². The van der Waals surface area contributed by atoms with E-state index in [2.05, 4.69) is 20.3 Å². The Bertz CT molecular complexity index is 1090. The van der Waals surface area contributed by atoms with Crippen molar-refractivity contribution in [2.45, 2.75) is 0 Å². The van der Waals surface area contributed by atoms with Gasteiger partial charge in [-0.25, -0.2) is 4.98 Å². The quantitative estimate of drug-likeness (QED) is 0.641. The molecule has 3 aromatic rings. The Kier molecular flexibility index (Phi) is 6.13. The molecule has 1 saturated heterocycles. The summed E-state index contributed by atoms with van der Waals surface area (Å²) in [6.07, 6.45) is 1.68. The minimum Gasteiger partial charge on any atom is -0.479 e. The highest BCUT2D eigenvalue weighted by Crippen LogP contribution is 2.18. The molecule has 9 heteroatoms. The molecule has 2 amide bonds. The fourth-order valence-corrected chi connectivity index (χ4v) is 3.72. The van der Waals surface area contributed by atoms with Crippen molar-refractivity contribution in [2.75, 3.05) is 46.4 Å². The van der Waals surface area contributed by atoms with Crippen LogP contribution >= 0.6 is 0 Å². The van der Waals surface area contributed by atoms with Crippen LogP contribution in [0, 0.1) is 0 Å². The number of benzene rings is 1. The van der Waals surface area contributed by atoms with Gasteiger partial charge in [0.1, 0.15) is 11.3 Å². The number of methoxy groups -OCH3 is 1. The monoisotopic (exact) mass is 422 g/mol. The molecule has 0 atom stereocenters. The molecule has 0 aliphatic carbocycles. The number of hydrogen-bond donors (Lipinski definition) is 1. The lowest BCUT2D eigenvalue weighted by molar-refractivity contribution is 0.0634. The van der Waals surface area contributed by atoms with E-state index in [0.29, 0.717) is 36.8 Å². The molecule has 9 nitrogen and oxygen atoms in total. The number of para-hydroxylation sites is 1. The Morgan fingerprint density at radius 1 is 1.10 bits per heavy atom. The molecule has 3 heterocycles. The first-order chi connectivity index (χ1) is 15.0. The molecule has 4 rings (SSSR count). The average Bonchev–Trinajstić information content (AvgIpc) is 3.19. The van der Waals surface area contributed by atoms with Crippen molar-refractivity contribution in [2.24, 2.45) is 7.05 Å². The summed E-state index contributed by atoms with van der Waals surface area (Å²) in [5, 5.41) is 8.10. The minimum atomic E-state index is -0.178. The van der Waals surface area contributed by atoms with Crippen LogP contribution in [0.1, 0.15) is 20.8 Å². The Balaban J connectivity index is 1.24. The van der Waals surface area contributed by atoms with Crippen LogP contribution < -0.4 is 10.1 Å². The van der Waals surface area contributed by atoms with Crippen LogP contribution in [0.4, 0.5) is 0 Å². The van der Waals surface area contributed by atoms with Gasteiger partial charge in [0.2, 0.25) is 5.88 Å². The van der Waals surface area contributed by atoms with Crippen molar-refractivity contribution in [1.29, 1.82) is 0 Å². The van der Waals surface area contributed by atoms with Crippen LogP contribution in [-0.2, 0) is 7.05 Å². The molecule has 1 fully saturated rings. The van der Waals surface area contributed by atoms with Gasteiger partial charge in [0.15, 0.2) is 0 Å². The third kappa shape index (κ3) is 4.66. The van der Waals surface area contributed by atoms with E-state index in [1.165, 1.54) is 7.11 Å². The number of ether oxygens (including phenoxy) is 1. The van der Waals surface area contributed by atoms with Crippen LogP contribution in [0.3, 0.4) is 0 Å². The first-order valence-electron chi connectivity index (χ1n) is 10.3. The standard InChI is InChI=1S/C22H26N6O3/c1-26-15-17(21(25-26)31-2)22(30)28-13-11-27(12-14-28)10-9-23-20(29)19-8-7-16-5-3-4-6-18(16)24-19/h3-8,15H,9-14H2,1-2H3,(H,23,29). The molecule has 0 bridgehead atoms. The number of aromatic nitrogens is 3. The zero-order chi connectivity index (χ0) is 21.8. The van der Waals surface area contributed by atoms with Crippen LogP contribution in [0.5, 0.6) is 5.88 Å². The number of nitrogens with one attached hydrogen (secondary N) is 1. The summed E-state index contributed by atoms with van der Waals surface area (Å²) in [5.74, 6) is 0.100. The maximum Gasteiger partial charge on any atom is 0.269 e. The molecular weight excluding hydrogens is 396 g/mol. The molecular formula is C22H26N6O3. The number of piperazine rings is 1. The maximum absolute atomic E-state index is 12.8. The summed E-state index contributed by atoms with van der Waals surface area (Å²) in [7, 11) is 3.28. The van der Waals surface area contributed by atoms with Gasteiger partial charge in [0.05, 0.1) is 12.6 Å². The largest absolute Gasteiger partial charge is 0.479 e. The van der Waals surface area contributed by atoms with Gasteiger partial charge >= 0.3 is 0 Å². The molecule has 162 valence electrons. The van der Waals surface area contributed by atoms with Crippen molar-refractivity contribution in [3.05, 3.63) is 53.9 Å². The highest BCUT2D eigenvalue weighted by molar-refractivity contribution is 5.96. The van der Waals surface area contributed by atoms with E-state index in [-0.39, 0.29) is 11.8 Å². The van der Waals surface area contributed by atoms with Gasteiger partial charge in [-0.05, 0) is 12.1 Å². The first kappa shape index (κ1) is 20.8. The van der Waals surface area contributed by atoms with Crippen LogP contribution in [-0.4, -0.2) is 82.8 Å². The molecule has 2 aromatic heterocycles. The second kappa shape index (κ2) is 9.13. The third-order valence-electron chi connectivity index (χ3n) is 5.42. The molecule has 1 aromatic carbocycles. The zero-order valence-electron chi connectivity index (χ0n) is 17.7. The van der Waals surface area contributed by atoms with Gasteiger partial charge in [0, 0.05) is 57.9 Å². The number of rotatable bonds is 6. The maximum atomic E-state index is 12.8. The third-order valence-corrected chi connectivity index (χ3v) is 5.42. The average molecular weight is 422 g/mol. The fourth-order valence-electron chi connectivity index (χ4n) is 3.72. The Labute approximate surface area is 180 Å². The summed E-state index contributed by atoms with van der Waals surface area (Å²) in [6.45, 7) is 3.99. The number of fused-ring (bicyclic) bond motifs is 1. The molecule has 1 aliphatic rings. The molecule has 0 spiro atoms. The second-order valence-corrected chi connectivity index (χ2v) is 7.50. The predicted molar refractivity (Wildman–Crippen MR) is 116 cm³/mol. The topological polar surface area (TPSA) is 92.6 Å². The van der Waals surface area contributed by atoms with Gasteiger partial charge in [0.25, 0.3) is 11.8 Å². The van der Waals surface area contributed by atoms with E-state index in [0.717, 1.165) is 30.5 Å². The molecule has 0 saturated carbocycles. The van der Waals surface area contributed by atoms with E-state index >= 15 is 0 Å².